The molecule has 2 aliphatic rings. The Hall–Kier alpha value is -2.82. The lowest BCUT2D eigenvalue weighted by atomic mass is 9.86. The molecule has 1 atom stereocenters. The Bertz CT molecular complexity index is 1020. The van der Waals surface area contributed by atoms with Crippen LogP contribution in [-0.2, 0) is 6.42 Å². The molecule has 4 heteroatoms. The number of fused-ring (bicyclic) bond motifs is 1. The number of benzene rings is 3. The molecule has 1 saturated heterocycles. The molecule has 172 valence electrons. The molecule has 1 unspecified atom stereocenters. The molecule has 0 radical (unpaired) electrons. The Morgan fingerprint density at radius 1 is 0.848 bits per heavy atom. The van der Waals surface area contributed by atoms with Crippen LogP contribution < -0.4 is 9.47 Å². The van der Waals surface area contributed by atoms with Gasteiger partial charge < -0.3 is 9.47 Å². The van der Waals surface area contributed by atoms with Crippen molar-refractivity contribution >= 4 is 0 Å². The SMILES string of the molecule is CCCN1CCN(C(c2ccccc2)c2ccccc2)CC1(C)Cc1ccc2c(c1)OCO2. The first-order valence-corrected chi connectivity index (χ1v) is 12.1. The van der Waals surface area contributed by atoms with Crippen molar-refractivity contribution in [3.8, 4) is 11.5 Å². The first-order chi connectivity index (χ1) is 16.2. The maximum absolute atomic E-state index is 5.66. The van der Waals surface area contributed by atoms with Crippen LogP contribution in [0.3, 0.4) is 0 Å². The van der Waals surface area contributed by atoms with E-state index < -0.39 is 0 Å². The van der Waals surface area contributed by atoms with Crippen LogP contribution in [0.1, 0.15) is 43.0 Å². The number of piperazine rings is 1. The molecule has 33 heavy (non-hydrogen) atoms. The summed E-state index contributed by atoms with van der Waals surface area (Å²) in [5, 5.41) is 0. The van der Waals surface area contributed by atoms with Crippen molar-refractivity contribution in [2.24, 2.45) is 0 Å². The van der Waals surface area contributed by atoms with Crippen LogP contribution in [0.5, 0.6) is 11.5 Å². The first kappa shape index (κ1) is 22.0. The molecule has 2 heterocycles. The highest BCUT2D eigenvalue weighted by atomic mass is 16.7. The van der Waals surface area contributed by atoms with Crippen molar-refractivity contribution < 1.29 is 9.47 Å². The maximum Gasteiger partial charge on any atom is 0.231 e. The lowest BCUT2D eigenvalue weighted by Crippen LogP contribution is -2.62. The van der Waals surface area contributed by atoms with Crippen LogP contribution in [0.25, 0.3) is 0 Å². The molecular formula is C29H34N2O2. The predicted octanol–water partition coefficient (Wildman–Crippen LogP) is 5.53. The monoisotopic (exact) mass is 442 g/mol. The van der Waals surface area contributed by atoms with Crippen LogP contribution in [-0.4, -0.2) is 48.3 Å². The summed E-state index contributed by atoms with van der Waals surface area (Å²) in [4.78, 5) is 5.38. The third kappa shape index (κ3) is 4.64. The molecule has 5 rings (SSSR count). The minimum atomic E-state index is 0.0315. The van der Waals surface area contributed by atoms with Crippen LogP contribution >= 0.6 is 0 Å². The number of hydrogen-bond donors (Lipinski definition) is 0. The lowest BCUT2D eigenvalue weighted by Gasteiger charge is -2.51. The molecule has 2 aliphatic heterocycles. The van der Waals surface area contributed by atoms with E-state index in [9.17, 15) is 0 Å². The van der Waals surface area contributed by atoms with Gasteiger partial charge in [0.25, 0.3) is 0 Å². The molecule has 0 amide bonds. The maximum atomic E-state index is 5.66. The Labute approximate surface area is 197 Å². The van der Waals surface area contributed by atoms with Gasteiger partial charge in [0.05, 0.1) is 6.04 Å². The van der Waals surface area contributed by atoms with E-state index in [2.05, 4.69) is 103 Å². The van der Waals surface area contributed by atoms with Crippen LogP contribution in [0, 0.1) is 0 Å². The second-order valence-electron chi connectivity index (χ2n) is 9.54. The van der Waals surface area contributed by atoms with Gasteiger partial charge in [-0.3, -0.25) is 9.80 Å². The summed E-state index contributed by atoms with van der Waals surface area (Å²) in [5.74, 6) is 1.73. The van der Waals surface area contributed by atoms with Crippen LogP contribution in [0.4, 0.5) is 0 Å². The fourth-order valence-electron chi connectivity index (χ4n) is 5.55. The quantitative estimate of drug-likeness (QED) is 0.480. The van der Waals surface area contributed by atoms with Gasteiger partial charge in [0.15, 0.2) is 11.5 Å². The average molecular weight is 443 g/mol. The molecule has 0 saturated carbocycles. The minimum absolute atomic E-state index is 0.0315. The van der Waals surface area contributed by atoms with Crippen molar-refractivity contribution in [2.45, 2.75) is 38.3 Å². The summed E-state index contributed by atoms with van der Waals surface area (Å²) in [7, 11) is 0. The highest BCUT2D eigenvalue weighted by Gasteiger charge is 2.40. The molecule has 1 fully saturated rings. The molecule has 0 bridgehead atoms. The van der Waals surface area contributed by atoms with Crippen LogP contribution in [0.2, 0.25) is 0 Å². The topological polar surface area (TPSA) is 24.9 Å². The third-order valence-corrected chi connectivity index (χ3v) is 7.08. The van der Waals surface area contributed by atoms with Crippen molar-refractivity contribution in [3.63, 3.8) is 0 Å². The van der Waals surface area contributed by atoms with Gasteiger partial charge >= 0.3 is 0 Å². The Morgan fingerprint density at radius 3 is 2.18 bits per heavy atom. The predicted molar refractivity (Wildman–Crippen MR) is 133 cm³/mol. The fraction of sp³-hybridized carbons (Fsp3) is 0.379. The number of hydrogen-bond acceptors (Lipinski definition) is 4. The normalized spacial score (nSPS) is 20.9. The smallest absolute Gasteiger partial charge is 0.231 e. The van der Waals surface area contributed by atoms with Crippen molar-refractivity contribution in [1.29, 1.82) is 0 Å². The van der Waals surface area contributed by atoms with Crippen molar-refractivity contribution in [2.75, 3.05) is 33.0 Å². The number of rotatable bonds is 7. The Balaban J connectivity index is 1.46. The van der Waals surface area contributed by atoms with Crippen molar-refractivity contribution in [3.05, 3.63) is 95.6 Å². The molecule has 0 aliphatic carbocycles. The summed E-state index contributed by atoms with van der Waals surface area (Å²) in [6.07, 6.45) is 2.15. The van der Waals surface area contributed by atoms with Crippen LogP contribution in [0.15, 0.2) is 78.9 Å². The van der Waals surface area contributed by atoms with E-state index in [0.717, 1.165) is 50.5 Å². The summed E-state index contributed by atoms with van der Waals surface area (Å²) >= 11 is 0. The highest BCUT2D eigenvalue weighted by Crippen LogP contribution is 2.37. The zero-order valence-electron chi connectivity index (χ0n) is 19.7. The molecule has 3 aromatic carbocycles. The van der Waals surface area contributed by atoms with Gasteiger partial charge in [0.1, 0.15) is 0 Å². The van der Waals surface area contributed by atoms with Crippen molar-refractivity contribution in [1.82, 2.24) is 9.80 Å². The van der Waals surface area contributed by atoms with E-state index >= 15 is 0 Å². The molecular weight excluding hydrogens is 408 g/mol. The Kier molecular flexibility index (Phi) is 6.39. The van der Waals surface area contributed by atoms with E-state index in [1.54, 1.807) is 0 Å². The fourth-order valence-corrected chi connectivity index (χ4v) is 5.55. The van der Waals surface area contributed by atoms with E-state index in [1.165, 1.54) is 16.7 Å². The van der Waals surface area contributed by atoms with Gasteiger partial charge in [-0.15, -0.1) is 0 Å². The second-order valence-corrected chi connectivity index (χ2v) is 9.54. The van der Waals surface area contributed by atoms with Gasteiger partial charge in [-0.1, -0.05) is 73.7 Å². The van der Waals surface area contributed by atoms with E-state index in [0.29, 0.717) is 6.79 Å². The third-order valence-electron chi connectivity index (χ3n) is 7.08. The van der Waals surface area contributed by atoms with Gasteiger partial charge in [-0.2, -0.15) is 0 Å². The molecule has 4 nitrogen and oxygen atoms in total. The van der Waals surface area contributed by atoms with E-state index in [1.807, 2.05) is 0 Å². The number of nitrogens with zero attached hydrogens (tertiary/aromatic N) is 2. The molecule has 3 aromatic rings. The zero-order valence-corrected chi connectivity index (χ0v) is 19.7. The van der Waals surface area contributed by atoms with E-state index in [-0.39, 0.29) is 11.6 Å². The number of ether oxygens (including phenoxy) is 2. The Morgan fingerprint density at radius 2 is 1.52 bits per heavy atom. The summed E-state index contributed by atoms with van der Waals surface area (Å²) < 4.78 is 11.2. The highest BCUT2D eigenvalue weighted by molar-refractivity contribution is 5.45. The lowest BCUT2D eigenvalue weighted by molar-refractivity contribution is -0.00433. The standard InChI is InChI=1S/C29H34N2O2/c1-3-16-31-18-17-30(28(24-10-6-4-7-11-24)25-12-8-5-9-13-25)21-29(31,2)20-23-14-15-26-27(19-23)33-22-32-26/h4-15,19,28H,3,16-18,20-22H2,1-2H3. The molecule has 0 N–H and O–H groups in total. The van der Waals surface area contributed by atoms with Gasteiger partial charge in [-0.05, 0) is 55.1 Å². The first-order valence-electron chi connectivity index (χ1n) is 12.1. The second kappa shape index (κ2) is 9.58. The molecule has 0 aromatic heterocycles. The summed E-state index contributed by atoms with van der Waals surface area (Å²) in [6.45, 7) is 9.31. The van der Waals surface area contributed by atoms with Gasteiger partial charge in [0, 0.05) is 25.2 Å². The zero-order chi connectivity index (χ0) is 22.7. The summed E-state index contributed by atoms with van der Waals surface area (Å²) in [6, 6.07) is 28.6. The minimum Gasteiger partial charge on any atom is -0.454 e. The van der Waals surface area contributed by atoms with Gasteiger partial charge in [0.2, 0.25) is 6.79 Å². The largest absolute Gasteiger partial charge is 0.454 e. The van der Waals surface area contributed by atoms with E-state index in [4.69, 9.17) is 9.47 Å². The molecule has 0 spiro atoms. The summed E-state index contributed by atoms with van der Waals surface area (Å²) in [5.41, 5.74) is 4.06. The van der Waals surface area contributed by atoms with Gasteiger partial charge in [-0.25, -0.2) is 0 Å². The average Bonchev–Trinajstić information content (AvgIpc) is 3.30.